The molecule has 0 saturated carbocycles. The molecular weight excluding hydrogens is 530 g/mol. The lowest BCUT2D eigenvalue weighted by Crippen LogP contribution is -2.35. The maximum atomic E-state index is 14.0. The monoisotopic (exact) mass is 548 g/mol. The number of hydrogen-bond donors (Lipinski definition) is 2. The van der Waals surface area contributed by atoms with Crippen molar-refractivity contribution in [2.24, 2.45) is 0 Å². The van der Waals surface area contributed by atoms with Crippen molar-refractivity contribution in [2.45, 2.75) is 30.9 Å². The lowest BCUT2D eigenvalue weighted by Gasteiger charge is -2.33. The number of carbonyl (C=O) groups excluding carboxylic acids is 1. The quantitative estimate of drug-likeness (QED) is 0.357. The van der Waals surface area contributed by atoms with Crippen LogP contribution in [0, 0.1) is 0 Å². The van der Waals surface area contributed by atoms with E-state index in [0.29, 0.717) is 21.7 Å². The van der Waals surface area contributed by atoms with Gasteiger partial charge in [-0.05, 0) is 29.8 Å². The van der Waals surface area contributed by atoms with E-state index >= 15 is 0 Å². The molecule has 2 aromatic carbocycles. The molecule has 0 radical (unpaired) electrons. The van der Waals surface area contributed by atoms with Gasteiger partial charge in [0.05, 0.1) is 31.5 Å². The van der Waals surface area contributed by atoms with Gasteiger partial charge in [0, 0.05) is 6.42 Å². The fourth-order valence-corrected chi connectivity index (χ4v) is 4.31. The SMILES string of the molecule is COc1ccc([C@@H]2C[C@@H](C(F)(F)F)n3nc(C(=O)Nc4ccccc4C(F)(F)F)c(Cl)c3N2)cc1OC. The van der Waals surface area contributed by atoms with Crippen LogP contribution in [0.3, 0.4) is 0 Å². The molecule has 198 valence electrons. The molecule has 1 aliphatic rings. The van der Waals surface area contributed by atoms with E-state index in [-0.39, 0.29) is 5.82 Å². The van der Waals surface area contributed by atoms with Crippen LogP contribution < -0.4 is 20.1 Å². The Bertz CT molecular complexity index is 1320. The molecule has 4 rings (SSSR count). The molecule has 1 aliphatic heterocycles. The number of rotatable bonds is 5. The molecule has 0 fully saturated rings. The number of anilines is 2. The van der Waals surface area contributed by atoms with E-state index < -0.39 is 58.7 Å². The Labute approximate surface area is 211 Å². The van der Waals surface area contributed by atoms with Crippen LogP contribution in [0.15, 0.2) is 42.5 Å². The zero-order chi connectivity index (χ0) is 27.1. The van der Waals surface area contributed by atoms with Gasteiger partial charge in [0.25, 0.3) is 5.91 Å². The minimum Gasteiger partial charge on any atom is -0.493 e. The van der Waals surface area contributed by atoms with Crippen molar-refractivity contribution in [2.75, 3.05) is 24.9 Å². The summed E-state index contributed by atoms with van der Waals surface area (Å²) in [5.74, 6) is -0.840. The normalized spacial score (nSPS) is 17.5. The third-order valence-corrected chi connectivity index (χ3v) is 6.16. The van der Waals surface area contributed by atoms with Crippen LogP contribution in [0.5, 0.6) is 11.5 Å². The van der Waals surface area contributed by atoms with Gasteiger partial charge in [-0.15, -0.1) is 0 Å². The minimum atomic E-state index is -4.78. The number of nitrogens with one attached hydrogen (secondary N) is 2. The van der Waals surface area contributed by atoms with Gasteiger partial charge in [-0.3, -0.25) is 4.79 Å². The highest BCUT2D eigenvalue weighted by atomic mass is 35.5. The average molecular weight is 549 g/mol. The molecule has 7 nitrogen and oxygen atoms in total. The van der Waals surface area contributed by atoms with Crippen molar-refractivity contribution < 1.29 is 40.6 Å². The summed E-state index contributed by atoms with van der Waals surface area (Å²) in [6.07, 6.45) is -10.1. The van der Waals surface area contributed by atoms with E-state index in [4.69, 9.17) is 21.1 Å². The molecule has 2 N–H and O–H groups in total. The first-order valence-electron chi connectivity index (χ1n) is 10.7. The highest BCUT2D eigenvalue weighted by molar-refractivity contribution is 6.36. The fourth-order valence-electron chi connectivity index (χ4n) is 4.04. The van der Waals surface area contributed by atoms with Crippen LogP contribution in [-0.2, 0) is 6.18 Å². The first kappa shape index (κ1) is 26.5. The topological polar surface area (TPSA) is 77.4 Å². The molecule has 3 aromatic rings. The van der Waals surface area contributed by atoms with E-state index in [9.17, 15) is 31.1 Å². The second kappa shape index (κ2) is 9.69. The van der Waals surface area contributed by atoms with Crippen molar-refractivity contribution in [1.82, 2.24) is 9.78 Å². The molecule has 37 heavy (non-hydrogen) atoms. The third kappa shape index (κ3) is 5.13. The lowest BCUT2D eigenvalue weighted by atomic mass is 9.96. The molecule has 0 aliphatic carbocycles. The van der Waals surface area contributed by atoms with Gasteiger partial charge in [0.2, 0.25) is 0 Å². The van der Waals surface area contributed by atoms with Crippen molar-refractivity contribution in [3.05, 3.63) is 64.3 Å². The summed E-state index contributed by atoms with van der Waals surface area (Å²) >= 11 is 6.27. The van der Waals surface area contributed by atoms with Crippen molar-refractivity contribution in [3.8, 4) is 11.5 Å². The van der Waals surface area contributed by atoms with Gasteiger partial charge in [-0.2, -0.15) is 31.4 Å². The Hall–Kier alpha value is -3.61. The molecule has 0 saturated heterocycles. The number of fused-ring (bicyclic) bond motifs is 1. The number of nitrogens with zero attached hydrogens (tertiary/aromatic N) is 2. The number of aromatic nitrogens is 2. The van der Waals surface area contributed by atoms with Crippen molar-refractivity contribution in [1.29, 1.82) is 0 Å². The van der Waals surface area contributed by atoms with Crippen molar-refractivity contribution >= 4 is 29.0 Å². The van der Waals surface area contributed by atoms with E-state index in [1.807, 2.05) is 5.32 Å². The summed E-state index contributed by atoms with van der Waals surface area (Å²) in [6.45, 7) is 0. The second-order valence-electron chi connectivity index (χ2n) is 8.06. The zero-order valence-electron chi connectivity index (χ0n) is 19.2. The number of para-hydroxylation sites is 1. The number of ether oxygens (including phenoxy) is 2. The molecule has 0 spiro atoms. The molecule has 2 heterocycles. The largest absolute Gasteiger partial charge is 0.493 e. The summed E-state index contributed by atoms with van der Waals surface area (Å²) < 4.78 is 93.0. The standard InChI is InChI=1S/C23H19ClF6N4O3/c1-36-15-8-7-11(9-16(15)37-2)14-10-17(23(28,29)30)34-20(31-14)18(24)19(33-34)21(35)32-13-6-4-3-5-12(13)22(25,26)27/h3-9,14,17,31H,10H2,1-2H3,(H,32,35)/t14-,17-/m0/s1. The van der Waals surface area contributed by atoms with Crippen LogP contribution in [0.4, 0.5) is 37.8 Å². The van der Waals surface area contributed by atoms with Crippen LogP contribution in [0.2, 0.25) is 5.02 Å². The Balaban J connectivity index is 1.72. The summed E-state index contributed by atoms with van der Waals surface area (Å²) in [4.78, 5) is 12.8. The average Bonchev–Trinajstić information content (AvgIpc) is 3.18. The summed E-state index contributed by atoms with van der Waals surface area (Å²) in [6, 6.07) is 5.65. The molecule has 0 unspecified atom stereocenters. The Morgan fingerprint density at radius 1 is 1.08 bits per heavy atom. The van der Waals surface area contributed by atoms with E-state index in [1.165, 1.54) is 32.4 Å². The molecule has 14 heteroatoms. The maximum Gasteiger partial charge on any atom is 0.418 e. The number of hydrogen-bond acceptors (Lipinski definition) is 5. The van der Waals surface area contributed by atoms with Crippen molar-refractivity contribution in [3.63, 3.8) is 0 Å². The number of methoxy groups -OCH3 is 2. The highest BCUT2D eigenvalue weighted by Crippen LogP contribution is 2.47. The summed E-state index contributed by atoms with van der Waals surface area (Å²) in [5.41, 5.74) is -1.97. The maximum absolute atomic E-state index is 14.0. The number of carbonyl (C=O) groups is 1. The van der Waals surface area contributed by atoms with Crippen LogP contribution >= 0.6 is 11.6 Å². The Kier molecular flexibility index (Phi) is 6.93. The Morgan fingerprint density at radius 3 is 2.38 bits per heavy atom. The molecule has 1 aromatic heterocycles. The van der Waals surface area contributed by atoms with Gasteiger partial charge >= 0.3 is 12.4 Å². The van der Waals surface area contributed by atoms with Gasteiger partial charge in [0.1, 0.15) is 10.8 Å². The van der Waals surface area contributed by atoms with Crippen LogP contribution in [0.1, 0.15) is 40.1 Å². The Morgan fingerprint density at radius 2 is 1.76 bits per heavy atom. The predicted molar refractivity (Wildman–Crippen MR) is 122 cm³/mol. The first-order valence-corrected chi connectivity index (χ1v) is 11.0. The van der Waals surface area contributed by atoms with Gasteiger partial charge in [-0.1, -0.05) is 29.8 Å². The second-order valence-corrected chi connectivity index (χ2v) is 8.44. The third-order valence-electron chi connectivity index (χ3n) is 5.80. The lowest BCUT2D eigenvalue weighted by molar-refractivity contribution is -0.173. The zero-order valence-corrected chi connectivity index (χ0v) is 19.9. The van der Waals surface area contributed by atoms with E-state index in [0.717, 1.165) is 18.2 Å². The number of benzene rings is 2. The number of amides is 1. The fraction of sp³-hybridized carbons (Fsp3) is 0.304. The van der Waals surface area contributed by atoms with Gasteiger partial charge in [0.15, 0.2) is 23.2 Å². The number of alkyl halides is 6. The summed E-state index contributed by atoms with van der Waals surface area (Å²) in [7, 11) is 2.79. The first-order chi connectivity index (χ1) is 17.3. The highest BCUT2D eigenvalue weighted by Gasteiger charge is 2.48. The molecule has 1 amide bonds. The number of halogens is 7. The van der Waals surface area contributed by atoms with Gasteiger partial charge < -0.3 is 20.1 Å². The van der Waals surface area contributed by atoms with Crippen LogP contribution in [-0.4, -0.2) is 36.1 Å². The molecule has 0 bridgehead atoms. The molecule has 2 atom stereocenters. The predicted octanol–water partition coefficient (Wildman–Crippen LogP) is 6.49. The summed E-state index contributed by atoms with van der Waals surface area (Å²) in [5, 5.41) is 8.18. The smallest absolute Gasteiger partial charge is 0.418 e. The molecular formula is C23H19ClF6N4O3. The van der Waals surface area contributed by atoms with Crippen LogP contribution in [0.25, 0.3) is 0 Å². The van der Waals surface area contributed by atoms with E-state index in [2.05, 4.69) is 10.4 Å². The van der Waals surface area contributed by atoms with E-state index in [1.54, 1.807) is 6.07 Å². The minimum absolute atomic E-state index is 0.291. The van der Waals surface area contributed by atoms with Gasteiger partial charge in [-0.25, -0.2) is 4.68 Å².